The van der Waals surface area contributed by atoms with E-state index in [0.717, 1.165) is 32.2 Å². The first-order valence-corrected chi connectivity index (χ1v) is 8.98. The van der Waals surface area contributed by atoms with Crippen LogP contribution in [0.25, 0.3) is 0 Å². The SMILES string of the molecule is O=S(=O)(NCCCNC1CC1)c1ccc2c(c1)CCC2. The molecule has 1 fully saturated rings. The Balaban J connectivity index is 1.53. The maximum Gasteiger partial charge on any atom is 0.240 e. The molecule has 0 heterocycles. The van der Waals surface area contributed by atoms with Gasteiger partial charge in [0.05, 0.1) is 4.90 Å². The summed E-state index contributed by atoms with van der Waals surface area (Å²) in [5.41, 5.74) is 2.50. The van der Waals surface area contributed by atoms with Crippen LogP contribution in [-0.2, 0) is 22.9 Å². The van der Waals surface area contributed by atoms with Crippen molar-refractivity contribution in [2.24, 2.45) is 0 Å². The Hall–Kier alpha value is -0.910. The van der Waals surface area contributed by atoms with Crippen LogP contribution in [0, 0.1) is 0 Å². The number of hydrogen-bond donors (Lipinski definition) is 2. The molecule has 0 saturated heterocycles. The predicted molar refractivity (Wildman–Crippen MR) is 79.3 cm³/mol. The standard InChI is InChI=1S/C15H22N2O2S/c18-20(19,17-10-2-9-16-14-6-7-14)15-8-5-12-3-1-4-13(12)11-15/h5,8,11,14,16-17H,1-4,6-7,9-10H2. The summed E-state index contributed by atoms with van der Waals surface area (Å²) in [5, 5.41) is 3.38. The largest absolute Gasteiger partial charge is 0.314 e. The highest BCUT2D eigenvalue weighted by molar-refractivity contribution is 7.89. The van der Waals surface area contributed by atoms with Gasteiger partial charge in [-0.25, -0.2) is 13.1 Å². The molecule has 1 aromatic rings. The minimum absolute atomic E-state index is 0.410. The van der Waals surface area contributed by atoms with E-state index in [1.807, 2.05) is 12.1 Å². The van der Waals surface area contributed by atoms with E-state index in [4.69, 9.17) is 0 Å². The zero-order valence-corrected chi connectivity index (χ0v) is 12.5. The number of hydrogen-bond acceptors (Lipinski definition) is 3. The van der Waals surface area contributed by atoms with E-state index in [9.17, 15) is 8.42 Å². The lowest BCUT2D eigenvalue weighted by molar-refractivity contribution is 0.573. The van der Waals surface area contributed by atoms with Gasteiger partial charge in [0.2, 0.25) is 10.0 Å². The average Bonchev–Trinajstić information content (AvgIpc) is 3.13. The molecule has 2 aliphatic carbocycles. The molecule has 0 aliphatic heterocycles. The first kappa shape index (κ1) is 14.0. The normalized spacial score (nSPS) is 18.2. The van der Waals surface area contributed by atoms with Gasteiger partial charge in [-0.1, -0.05) is 6.07 Å². The summed E-state index contributed by atoms with van der Waals surface area (Å²) in [6, 6.07) is 6.22. The maximum absolute atomic E-state index is 12.2. The van der Waals surface area contributed by atoms with E-state index in [2.05, 4.69) is 10.0 Å². The topological polar surface area (TPSA) is 58.2 Å². The third-order valence-electron chi connectivity index (χ3n) is 4.04. The molecule has 1 aromatic carbocycles. The number of sulfonamides is 1. The van der Waals surface area contributed by atoms with Crippen LogP contribution in [0.4, 0.5) is 0 Å². The lowest BCUT2D eigenvalue weighted by atomic mass is 10.1. The quantitative estimate of drug-likeness (QED) is 0.751. The van der Waals surface area contributed by atoms with Crippen LogP contribution in [0.5, 0.6) is 0 Å². The molecule has 1 saturated carbocycles. The fourth-order valence-electron chi connectivity index (χ4n) is 2.69. The summed E-state index contributed by atoms with van der Waals surface area (Å²) in [6.45, 7) is 1.39. The van der Waals surface area contributed by atoms with Crippen molar-refractivity contribution in [3.8, 4) is 0 Å². The number of rotatable bonds is 7. The van der Waals surface area contributed by atoms with Gasteiger partial charge >= 0.3 is 0 Å². The van der Waals surface area contributed by atoms with Gasteiger partial charge < -0.3 is 5.32 Å². The van der Waals surface area contributed by atoms with Crippen LogP contribution in [0.1, 0.15) is 36.8 Å². The van der Waals surface area contributed by atoms with Crippen molar-refractivity contribution < 1.29 is 8.42 Å². The molecule has 0 unspecified atom stereocenters. The summed E-state index contributed by atoms with van der Waals surface area (Å²) < 4.78 is 27.1. The van der Waals surface area contributed by atoms with Gasteiger partial charge in [-0.3, -0.25) is 0 Å². The van der Waals surface area contributed by atoms with Gasteiger partial charge in [0.15, 0.2) is 0 Å². The van der Waals surface area contributed by atoms with E-state index >= 15 is 0 Å². The Morgan fingerprint density at radius 2 is 1.90 bits per heavy atom. The molecule has 0 amide bonds. The van der Waals surface area contributed by atoms with Gasteiger partial charge in [-0.2, -0.15) is 0 Å². The highest BCUT2D eigenvalue weighted by atomic mass is 32.2. The van der Waals surface area contributed by atoms with E-state index in [0.29, 0.717) is 17.5 Å². The number of nitrogens with one attached hydrogen (secondary N) is 2. The van der Waals surface area contributed by atoms with Crippen molar-refractivity contribution in [2.45, 2.75) is 49.5 Å². The summed E-state index contributed by atoms with van der Waals surface area (Å²) in [4.78, 5) is 0.410. The zero-order chi connectivity index (χ0) is 14.0. The van der Waals surface area contributed by atoms with E-state index in [-0.39, 0.29) is 0 Å². The monoisotopic (exact) mass is 294 g/mol. The molecule has 2 aliphatic rings. The molecule has 20 heavy (non-hydrogen) atoms. The minimum Gasteiger partial charge on any atom is -0.314 e. The number of aryl methyl sites for hydroxylation is 2. The van der Waals surface area contributed by atoms with Crippen LogP contribution in [0.15, 0.2) is 23.1 Å². The summed E-state index contributed by atoms with van der Waals surface area (Å²) in [5.74, 6) is 0. The fraction of sp³-hybridized carbons (Fsp3) is 0.600. The lowest BCUT2D eigenvalue weighted by Crippen LogP contribution is -2.28. The summed E-state index contributed by atoms with van der Waals surface area (Å²) in [6.07, 6.45) is 6.58. The molecule has 0 bridgehead atoms. The Morgan fingerprint density at radius 3 is 2.70 bits per heavy atom. The second kappa shape index (κ2) is 5.84. The maximum atomic E-state index is 12.2. The summed E-state index contributed by atoms with van der Waals surface area (Å²) in [7, 11) is -3.34. The highest BCUT2D eigenvalue weighted by Gasteiger charge is 2.20. The molecule has 5 heteroatoms. The molecule has 3 rings (SSSR count). The third kappa shape index (κ3) is 3.40. The summed E-state index contributed by atoms with van der Waals surface area (Å²) >= 11 is 0. The minimum atomic E-state index is -3.34. The van der Waals surface area contributed by atoms with Gasteiger partial charge in [0, 0.05) is 12.6 Å². The van der Waals surface area contributed by atoms with Gasteiger partial charge in [-0.05, 0) is 68.3 Å². The molecule has 4 nitrogen and oxygen atoms in total. The third-order valence-corrected chi connectivity index (χ3v) is 5.49. The van der Waals surface area contributed by atoms with Crippen LogP contribution >= 0.6 is 0 Å². The molecule has 0 aromatic heterocycles. The van der Waals surface area contributed by atoms with Crippen molar-refractivity contribution in [2.75, 3.05) is 13.1 Å². The number of benzene rings is 1. The van der Waals surface area contributed by atoms with E-state index in [1.54, 1.807) is 6.07 Å². The van der Waals surface area contributed by atoms with Crippen LogP contribution in [-0.4, -0.2) is 27.5 Å². The Morgan fingerprint density at radius 1 is 1.10 bits per heavy atom. The Kier molecular flexibility index (Phi) is 4.10. The van der Waals surface area contributed by atoms with Crippen molar-refractivity contribution in [1.82, 2.24) is 10.0 Å². The average molecular weight is 294 g/mol. The molecular weight excluding hydrogens is 272 g/mol. The predicted octanol–water partition coefficient (Wildman–Crippen LogP) is 1.60. The molecular formula is C15H22N2O2S. The van der Waals surface area contributed by atoms with Crippen molar-refractivity contribution >= 4 is 10.0 Å². The molecule has 0 atom stereocenters. The first-order valence-electron chi connectivity index (χ1n) is 7.50. The second-order valence-electron chi connectivity index (χ2n) is 5.76. The molecule has 110 valence electrons. The van der Waals surface area contributed by atoms with E-state index < -0.39 is 10.0 Å². The van der Waals surface area contributed by atoms with Gasteiger partial charge in [-0.15, -0.1) is 0 Å². The molecule has 2 N–H and O–H groups in total. The van der Waals surface area contributed by atoms with Gasteiger partial charge in [0.1, 0.15) is 0 Å². The number of fused-ring (bicyclic) bond motifs is 1. The van der Waals surface area contributed by atoms with Crippen molar-refractivity contribution in [3.63, 3.8) is 0 Å². The lowest BCUT2D eigenvalue weighted by Gasteiger charge is -2.09. The highest BCUT2D eigenvalue weighted by Crippen LogP contribution is 2.24. The molecule has 0 spiro atoms. The van der Waals surface area contributed by atoms with Crippen LogP contribution in [0.2, 0.25) is 0 Å². The van der Waals surface area contributed by atoms with Crippen LogP contribution in [0.3, 0.4) is 0 Å². The van der Waals surface area contributed by atoms with Gasteiger partial charge in [0.25, 0.3) is 0 Å². The fourth-order valence-corrected chi connectivity index (χ4v) is 3.81. The van der Waals surface area contributed by atoms with Crippen LogP contribution < -0.4 is 10.0 Å². The Bertz CT molecular complexity index is 580. The smallest absolute Gasteiger partial charge is 0.240 e. The first-order chi connectivity index (χ1) is 9.65. The zero-order valence-electron chi connectivity index (χ0n) is 11.7. The Labute approximate surface area is 121 Å². The van der Waals surface area contributed by atoms with E-state index in [1.165, 1.54) is 24.0 Å². The second-order valence-corrected chi connectivity index (χ2v) is 7.53. The van der Waals surface area contributed by atoms with Crippen molar-refractivity contribution in [3.05, 3.63) is 29.3 Å². The van der Waals surface area contributed by atoms with Crippen molar-refractivity contribution in [1.29, 1.82) is 0 Å². The molecule has 0 radical (unpaired) electrons.